The lowest BCUT2D eigenvalue weighted by Crippen LogP contribution is -2.40. The number of fused-ring (bicyclic) bond motifs is 1. The Morgan fingerprint density at radius 1 is 1.42 bits per heavy atom. The molecule has 2 aromatic rings. The first kappa shape index (κ1) is 16.3. The predicted octanol–water partition coefficient (Wildman–Crippen LogP) is 2.32. The first-order valence-corrected chi connectivity index (χ1v) is 8.07. The highest BCUT2D eigenvalue weighted by Gasteiger charge is 2.27. The average molecular weight is 329 g/mol. The molecule has 1 aromatic heterocycles. The van der Waals surface area contributed by atoms with Crippen LogP contribution < -0.4 is 16.0 Å². The summed E-state index contributed by atoms with van der Waals surface area (Å²) >= 11 is 0. The molecular formula is C17H23N5O2. The van der Waals surface area contributed by atoms with E-state index in [2.05, 4.69) is 20.4 Å². The number of nitrogens with zero attached hydrogens (tertiary/aromatic N) is 3. The van der Waals surface area contributed by atoms with Crippen molar-refractivity contribution in [3.8, 4) is 0 Å². The van der Waals surface area contributed by atoms with Gasteiger partial charge in [0.2, 0.25) is 0 Å². The highest BCUT2D eigenvalue weighted by molar-refractivity contribution is 5.93. The lowest BCUT2D eigenvalue weighted by Gasteiger charge is -2.22. The molecule has 1 aromatic carbocycles. The van der Waals surface area contributed by atoms with Gasteiger partial charge in [-0.05, 0) is 45.4 Å². The van der Waals surface area contributed by atoms with Crippen LogP contribution in [0.3, 0.4) is 0 Å². The summed E-state index contributed by atoms with van der Waals surface area (Å²) in [4.78, 5) is 14.0. The fraction of sp³-hybridized carbons (Fsp3) is 0.471. The van der Waals surface area contributed by atoms with Gasteiger partial charge in [-0.2, -0.15) is 5.10 Å². The van der Waals surface area contributed by atoms with E-state index in [4.69, 9.17) is 10.5 Å². The van der Waals surface area contributed by atoms with Crippen LogP contribution in [0.5, 0.6) is 0 Å². The Labute approximate surface area is 141 Å². The van der Waals surface area contributed by atoms with Crippen LogP contribution in [0.4, 0.5) is 16.3 Å². The number of nitrogen functional groups attached to an aromatic ring is 1. The van der Waals surface area contributed by atoms with Crippen LogP contribution >= 0.6 is 0 Å². The van der Waals surface area contributed by atoms with Crippen LogP contribution in [-0.2, 0) is 4.74 Å². The number of amides is 1. The number of hydrogen-bond acceptors (Lipinski definition) is 6. The van der Waals surface area contributed by atoms with E-state index in [0.717, 1.165) is 29.6 Å². The number of carbonyl (C=O) groups is 1. The minimum Gasteiger partial charge on any atom is -0.444 e. The summed E-state index contributed by atoms with van der Waals surface area (Å²) in [5, 5.41) is 13.3. The molecule has 0 saturated carbocycles. The molecule has 0 aliphatic carbocycles. The summed E-state index contributed by atoms with van der Waals surface area (Å²) in [6.07, 6.45) is 2.17. The minimum atomic E-state index is -0.497. The molecule has 1 aliphatic rings. The van der Waals surface area contributed by atoms with Crippen LogP contribution in [0.15, 0.2) is 24.4 Å². The molecule has 1 amide bonds. The first-order valence-electron chi connectivity index (χ1n) is 8.07. The van der Waals surface area contributed by atoms with Gasteiger partial charge in [0.15, 0.2) is 5.82 Å². The predicted molar refractivity (Wildman–Crippen MR) is 93.9 cm³/mol. The van der Waals surface area contributed by atoms with E-state index in [-0.39, 0.29) is 12.1 Å². The van der Waals surface area contributed by atoms with Gasteiger partial charge in [-0.15, -0.1) is 5.10 Å². The third-order valence-electron chi connectivity index (χ3n) is 3.87. The van der Waals surface area contributed by atoms with Gasteiger partial charge >= 0.3 is 6.09 Å². The van der Waals surface area contributed by atoms with Crippen LogP contribution in [0.25, 0.3) is 10.8 Å². The topological polar surface area (TPSA) is 93.4 Å². The van der Waals surface area contributed by atoms with Gasteiger partial charge in [-0.3, -0.25) is 0 Å². The van der Waals surface area contributed by atoms with Crippen molar-refractivity contribution >= 4 is 28.4 Å². The van der Waals surface area contributed by atoms with E-state index in [0.29, 0.717) is 12.2 Å². The highest BCUT2D eigenvalue weighted by Crippen LogP contribution is 2.27. The second kappa shape index (κ2) is 6.14. The van der Waals surface area contributed by atoms with Gasteiger partial charge in [0.1, 0.15) is 5.60 Å². The molecule has 0 bridgehead atoms. The van der Waals surface area contributed by atoms with Gasteiger partial charge in [0.05, 0.1) is 12.2 Å². The number of nitrogens with one attached hydrogen (secondary N) is 1. The van der Waals surface area contributed by atoms with Crippen LogP contribution in [0, 0.1) is 0 Å². The molecule has 7 nitrogen and oxygen atoms in total. The van der Waals surface area contributed by atoms with Crippen molar-refractivity contribution in [1.82, 2.24) is 15.5 Å². The van der Waals surface area contributed by atoms with Gasteiger partial charge in [-0.25, -0.2) is 4.79 Å². The number of anilines is 2. The maximum atomic E-state index is 11.9. The maximum absolute atomic E-state index is 11.9. The zero-order valence-electron chi connectivity index (χ0n) is 14.2. The molecular weight excluding hydrogens is 306 g/mol. The zero-order chi connectivity index (χ0) is 17.3. The van der Waals surface area contributed by atoms with Crippen molar-refractivity contribution in [2.75, 3.05) is 23.7 Å². The lowest BCUT2D eigenvalue weighted by atomic mass is 10.1. The molecule has 2 heterocycles. The summed E-state index contributed by atoms with van der Waals surface area (Å²) in [5.74, 6) is 0.820. The molecule has 24 heavy (non-hydrogen) atoms. The number of rotatable bonds is 2. The van der Waals surface area contributed by atoms with Crippen LogP contribution in [-0.4, -0.2) is 41.0 Å². The Morgan fingerprint density at radius 3 is 2.96 bits per heavy atom. The van der Waals surface area contributed by atoms with Crippen LogP contribution in [0.1, 0.15) is 27.2 Å². The summed E-state index contributed by atoms with van der Waals surface area (Å²) in [5.41, 5.74) is 6.04. The average Bonchev–Trinajstić information content (AvgIpc) is 2.92. The van der Waals surface area contributed by atoms with E-state index in [1.165, 1.54) is 0 Å². The number of alkyl carbamates (subject to hydrolysis) is 1. The second-order valence-corrected chi connectivity index (χ2v) is 7.09. The number of aromatic nitrogens is 2. The number of benzene rings is 1. The zero-order valence-corrected chi connectivity index (χ0v) is 14.2. The Morgan fingerprint density at radius 2 is 2.21 bits per heavy atom. The minimum absolute atomic E-state index is 0.0330. The van der Waals surface area contributed by atoms with Gasteiger partial charge in [0.25, 0.3) is 0 Å². The Balaban J connectivity index is 1.71. The summed E-state index contributed by atoms with van der Waals surface area (Å²) < 4.78 is 5.31. The highest BCUT2D eigenvalue weighted by atomic mass is 16.6. The first-order chi connectivity index (χ1) is 11.3. The quantitative estimate of drug-likeness (QED) is 0.821. The Hall–Kier alpha value is -2.57. The van der Waals surface area contributed by atoms with Crippen molar-refractivity contribution in [3.05, 3.63) is 24.4 Å². The lowest BCUT2D eigenvalue weighted by molar-refractivity contribution is 0.0509. The van der Waals surface area contributed by atoms with Crippen molar-refractivity contribution in [2.24, 2.45) is 0 Å². The monoisotopic (exact) mass is 329 g/mol. The number of carbonyl (C=O) groups excluding carboxylic acids is 1. The van der Waals surface area contributed by atoms with Crippen molar-refractivity contribution in [2.45, 2.75) is 38.8 Å². The molecule has 3 N–H and O–H groups in total. The second-order valence-electron chi connectivity index (χ2n) is 7.09. The van der Waals surface area contributed by atoms with Crippen molar-refractivity contribution in [3.63, 3.8) is 0 Å². The molecule has 0 radical (unpaired) electrons. The fourth-order valence-electron chi connectivity index (χ4n) is 2.87. The van der Waals surface area contributed by atoms with E-state index in [1.807, 2.05) is 39.0 Å². The van der Waals surface area contributed by atoms with Gasteiger partial charge in [0, 0.05) is 29.5 Å². The maximum Gasteiger partial charge on any atom is 0.407 e. The van der Waals surface area contributed by atoms with Crippen LogP contribution in [0.2, 0.25) is 0 Å². The summed E-state index contributed by atoms with van der Waals surface area (Å²) in [6.45, 7) is 7.04. The van der Waals surface area contributed by atoms with Crippen molar-refractivity contribution < 1.29 is 9.53 Å². The SMILES string of the molecule is CC(C)(C)OC(=O)N[C@@H]1CCN(c2nncc3cc(N)ccc23)C1. The molecule has 128 valence electrons. The smallest absolute Gasteiger partial charge is 0.407 e. The number of hydrogen-bond donors (Lipinski definition) is 2. The van der Waals surface area contributed by atoms with Crippen molar-refractivity contribution in [1.29, 1.82) is 0 Å². The van der Waals surface area contributed by atoms with E-state index < -0.39 is 5.60 Å². The van der Waals surface area contributed by atoms with Gasteiger partial charge < -0.3 is 20.7 Å². The van der Waals surface area contributed by atoms with E-state index in [9.17, 15) is 4.79 Å². The van der Waals surface area contributed by atoms with E-state index >= 15 is 0 Å². The normalized spacial score (nSPS) is 18.0. The molecule has 7 heteroatoms. The molecule has 1 atom stereocenters. The molecule has 1 fully saturated rings. The largest absolute Gasteiger partial charge is 0.444 e. The number of nitrogens with two attached hydrogens (primary N) is 1. The standard InChI is InChI=1S/C17H23N5O2/c1-17(2,3)24-16(23)20-13-6-7-22(10-13)15-14-5-4-12(18)8-11(14)9-19-21-15/h4-5,8-9,13H,6-7,10,18H2,1-3H3,(H,20,23)/t13-/m1/s1. The Kier molecular flexibility index (Phi) is 4.17. The third kappa shape index (κ3) is 3.67. The summed E-state index contributed by atoms with van der Waals surface area (Å²) in [7, 11) is 0. The molecule has 1 aliphatic heterocycles. The Bertz CT molecular complexity index is 756. The van der Waals surface area contributed by atoms with Gasteiger partial charge in [-0.1, -0.05) is 0 Å². The molecule has 3 rings (SSSR count). The molecule has 0 unspecified atom stereocenters. The third-order valence-corrected chi connectivity index (χ3v) is 3.87. The fourth-order valence-corrected chi connectivity index (χ4v) is 2.87. The van der Waals surface area contributed by atoms with E-state index in [1.54, 1.807) is 6.20 Å². The molecule has 1 saturated heterocycles. The molecule has 0 spiro atoms. The number of ether oxygens (including phenoxy) is 1. The summed E-state index contributed by atoms with van der Waals surface area (Å²) in [6, 6.07) is 5.74.